The van der Waals surface area contributed by atoms with Crippen LogP contribution in [0.2, 0.25) is 0 Å². The number of halogens is 1. The van der Waals surface area contributed by atoms with Crippen LogP contribution in [0.15, 0.2) is 53.4 Å². The topological polar surface area (TPSA) is 72.9 Å². The van der Waals surface area contributed by atoms with Gasteiger partial charge in [-0.15, -0.1) is 0 Å². The summed E-state index contributed by atoms with van der Waals surface area (Å²) >= 11 is 0. The largest absolute Gasteiger partial charge is 0.494 e. The van der Waals surface area contributed by atoms with Crippen LogP contribution in [0.4, 0.5) is 4.39 Å². The van der Waals surface area contributed by atoms with Crippen LogP contribution >= 0.6 is 0 Å². The van der Waals surface area contributed by atoms with E-state index in [1.807, 2.05) is 4.90 Å². The molecule has 1 heterocycles. The Morgan fingerprint density at radius 3 is 2.42 bits per heavy atom. The van der Waals surface area contributed by atoms with Gasteiger partial charge in [0, 0.05) is 13.1 Å². The first-order valence-corrected chi connectivity index (χ1v) is 13.0. The van der Waals surface area contributed by atoms with Crippen molar-refractivity contribution < 1.29 is 27.1 Å². The predicted molar refractivity (Wildman–Crippen MR) is 124 cm³/mol. The number of rotatable bonds is 10. The van der Waals surface area contributed by atoms with Crippen molar-refractivity contribution in [1.29, 1.82) is 0 Å². The van der Waals surface area contributed by atoms with Gasteiger partial charge in [-0.1, -0.05) is 25.5 Å². The molecule has 8 heteroatoms. The molecule has 3 rings (SSSR count). The molecule has 0 bridgehead atoms. The fraction of sp³-hybridized carbons (Fsp3) is 0.480. The molecule has 0 aromatic heterocycles. The third-order valence-electron chi connectivity index (χ3n) is 5.88. The lowest BCUT2D eigenvalue weighted by Crippen LogP contribution is -2.50. The highest BCUT2D eigenvalue weighted by Gasteiger charge is 2.40. The maximum atomic E-state index is 13.3. The zero-order chi connectivity index (χ0) is 23.8. The average Bonchev–Trinajstić information content (AvgIpc) is 2.81. The first-order chi connectivity index (χ1) is 15.8. The molecule has 1 saturated heterocycles. The molecule has 1 aliphatic rings. The molecule has 1 aliphatic heterocycles. The van der Waals surface area contributed by atoms with Crippen LogP contribution in [-0.2, 0) is 25.9 Å². The summed E-state index contributed by atoms with van der Waals surface area (Å²) in [7, 11) is -3.63. The van der Waals surface area contributed by atoms with Crippen LogP contribution in [0.5, 0.6) is 5.75 Å². The molecular formula is C25H32FNO5S. The van der Waals surface area contributed by atoms with Crippen molar-refractivity contribution in [3.8, 4) is 5.75 Å². The highest BCUT2D eigenvalue weighted by Crippen LogP contribution is 2.30. The first kappa shape index (κ1) is 25.2. The molecule has 6 nitrogen and oxygen atoms in total. The normalized spacial score (nSPS) is 19.2. The Balaban J connectivity index is 1.74. The molecule has 33 heavy (non-hydrogen) atoms. The second-order valence-corrected chi connectivity index (χ2v) is 10.5. The number of carbonyl (C=O) groups is 1. The van der Waals surface area contributed by atoms with E-state index >= 15 is 0 Å². The lowest BCUT2D eigenvalue weighted by Gasteiger charge is -2.37. The highest BCUT2D eigenvalue weighted by atomic mass is 32.2. The quantitative estimate of drug-likeness (QED) is 0.374. The van der Waals surface area contributed by atoms with Crippen molar-refractivity contribution in [2.75, 3.05) is 19.8 Å². The van der Waals surface area contributed by atoms with Crippen molar-refractivity contribution >= 4 is 15.8 Å². The molecule has 0 aliphatic carbocycles. The van der Waals surface area contributed by atoms with Gasteiger partial charge < -0.3 is 9.47 Å². The maximum Gasteiger partial charge on any atom is 0.323 e. The van der Waals surface area contributed by atoms with Gasteiger partial charge in [0.2, 0.25) is 0 Å². The van der Waals surface area contributed by atoms with E-state index in [0.717, 1.165) is 18.4 Å². The van der Waals surface area contributed by atoms with Gasteiger partial charge in [-0.25, -0.2) is 12.8 Å². The summed E-state index contributed by atoms with van der Waals surface area (Å²) in [6.07, 6.45) is 2.51. The van der Waals surface area contributed by atoms with Crippen molar-refractivity contribution in [3.05, 3.63) is 59.9 Å². The highest BCUT2D eigenvalue weighted by molar-refractivity contribution is 7.92. The number of carbonyl (C=O) groups excluding carboxylic acids is 1. The molecule has 0 N–H and O–H groups in total. The van der Waals surface area contributed by atoms with Gasteiger partial charge in [0.25, 0.3) is 0 Å². The molecule has 0 radical (unpaired) electrons. The lowest BCUT2D eigenvalue weighted by molar-refractivity contribution is -0.151. The number of unbranched alkanes of at least 4 members (excludes halogenated alkanes) is 1. The summed E-state index contributed by atoms with van der Waals surface area (Å²) in [5.41, 5.74) is 0.852. The van der Waals surface area contributed by atoms with Crippen molar-refractivity contribution in [1.82, 2.24) is 4.90 Å². The van der Waals surface area contributed by atoms with Gasteiger partial charge in [0.1, 0.15) is 17.6 Å². The molecule has 2 unspecified atom stereocenters. The van der Waals surface area contributed by atoms with Gasteiger partial charge in [-0.3, -0.25) is 9.69 Å². The first-order valence-electron chi connectivity index (χ1n) is 11.5. The van der Waals surface area contributed by atoms with Gasteiger partial charge in [-0.2, -0.15) is 0 Å². The van der Waals surface area contributed by atoms with E-state index in [0.29, 0.717) is 31.9 Å². The molecule has 0 saturated carbocycles. The summed E-state index contributed by atoms with van der Waals surface area (Å²) < 4.78 is 50.8. The monoisotopic (exact) mass is 477 g/mol. The Morgan fingerprint density at radius 1 is 1.09 bits per heavy atom. The van der Waals surface area contributed by atoms with Crippen LogP contribution < -0.4 is 4.74 Å². The number of hydrogen-bond acceptors (Lipinski definition) is 6. The molecule has 2 aromatic carbocycles. The Morgan fingerprint density at radius 2 is 1.79 bits per heavy atom. The number of sulfone groups is 1. The summed E-state index contributed by atoms with van der Waals surface area (Å²) in [6.45, 7) is 5.45. The molecule has 180 valence electrons. The van der Waals surface area contributed by atoms with E-state index in [1.165, 1.54) is 12.1 Å². The van der Waals surface area contributed by atoms with Crippen LogP contribution in [-0.4, -0.2) is 50.3 Å². The average molecular weight is 478 g/mol. The Bertz CT molecular complexity index is 1010. The van der Waals surface area contributed by atoms with Crippen molar-refractivity contribution in [2.45, 2.75) is 62.3 Å². The van der Waals surface area contributed by atoms with Crippen LogP contribution in [0.25, 0.3) is 0 Å². The van der Waals surface area contributed by atoms with Gasteiger partial charge in [-0.05, 0) is 68.1 Å². The number of ether oxygens (including phenoxy) is 2. The van der Waals surface area contributed by atoms with E-state index in [9.17, 15) is 17.6 Å². The molecule has 0 amide bonds. The zero-order valence-electron chi connectivity index (χ0n) is 19.2. The molecular weight excluding hydrogens is 445 g/mol. The number of piperidine rings is 1. The molecule has 2 atom stereocenters. The predicted octanol–water partition coefficient (Wildman–Crippen LogP) is 4.37. The smallest absolute Gasteiger partial charge is 0.323 e. The minimum atomic E-state index is -3.63. The van der Waals surface area contributed by atoms with Gasteiger partial charge >= 0.3 is 5.97 Å². The Hall–Kier alpha value is -2.45. The number of likely N-dealkylation sites (tertiary alicyclic amines) is 1. The second kappa shape index (κ2) is 11.6. The summed E-state index contributed by atoms with van der Waals surface area (Å²) in [6, 6.07) is 11.9. The summed E-state index contributed by atoms with van der Waals surface area (Å²) in [5.74, 6) is -0.118. The van der Waals surface area contributed by atoms with E-state index in [-0.39, 0.29) is 23.7 Å². The summed E-state index contributed by atoms with van der Waals surface area (Å²) in [4.78, 5) is 14.8. The summed E-state index contributed by atoms with van der Waals surface area (Å²) in [5, 5.41) is -0.691. The zero-order valence-corrected chi connectivity index (χ0v) is 20.0. The Labute approximate surface area is 195 Å². The molecule has 1 fully saturated rings. The number of benzene rings is 2. The van der Waals surface area contributed by atoms with Crippen LogP contribution in [0, 0.1) is 5.82 Å². The van der Waals surface area contributed by atoms with Crippen molar-refractivity contribution in [3.63, 3.8) is 0 Å². The van der Waals surface area contributed by atoms with Crippen LogP contribution in [0.3, 0.4) is 0 Å². The number of hydrogen-bond donors (Lipinski definition) is 0. The molecule has 2 aromatic rings. The lowest BCUT2D eigenvalue weighted by atomic mass is 10.0. The van der Waals surface area contributed by atoms with E-state index in [2.05, 4.69) is 6.92 Å². The third-order valence-corrected chi connectivity index (χ3v) is 8.12. The standard InChI is InChI=1S/C25H32FNO5S/c1-3-5-16-32-21-10-12-22(13-11-21)33(29,30)23-14-15-27(24(17-23)25(28)31-4-2)18-19-6-8-20(26)9-7-19/h6-13,23-24H,3-5,14-18H2,1-2H3. The maximum absolute atomic E-state index is 13.3. The van der Waals surface area contributed by atoms with E-state index < -0.39 is 27.1 Å². The third kappa shape index (κ3) is 6.54. The van der Waals surface area contributed by atoms with Gasteiger partial charge in [0.05, 0.1) is 23.4 Å². The van der Waals surface area contributed by atoms with E-state index in [4.69, 9.17) is 9.47 Å². The number of esters is 1. The minimum Gasteiger partial charge on any atom is -0.494 e. The Kier molecular flexibility index (Phi) is 8.86. The SMILES string of the molecule is CCCCOc1ccc(S(=O)(=O)C2CCN(Cc3ccc(F)cc3)C(C(=O)OCC)C2)cc1. The van der Waals surface area contributed by atoms with E-state index in [1.54, 1.807) is 43.3 Å². The second-order valence-electron chi connectivity index (χ2n) is 8.23. The fourth-order valence-corrected chi connectivity index (χ4v) is 5.76. The number of nitrogens with zero attached hydrogens (tertiary/aromatic N) is 1. The van der Waals surface area contributed by atoms with Crippen LogP contribution in [0.1, 0.15) is 45.1 Å². The molecule has 0 spiro atoms. The minimum absolute atomic E-state index is 0.150. The van der Waals surface area contributed by atoms with Gasteiger partial charge in [0.15, 0.2) is 9.84 Å². The fourth-order valence-electron chi connectivity index (χ4n) is 4.01. The van der Waals surface area contributed by atoms with Crippen molar-refractivity contribution in [2.24, 2.45) is 0 Å².